The zero-order valence-corrected chi connectivity index (χ0v) is 13.2. The number of piperidine rings is 1. The van der Waals surface area contributed by atoms with Crippen LogP contribution in [0.25, 0.3) is 0 Å². The highest BCUT2D eigenvalue weighted by Crippen LogP contribution is 2.31. The third kappa shape index (κ3) is 4.39. The lowest BCUT2D eigenvalue weighted by atomic mass is 9.96. The average molecular weight is 344 g/mol. The van der Waals surface area contributed by atoms with Gasteiger partial charge in [-0.3, -0.25) is 4.79 Å². The van der Waals surface area contributed by atoms with Gasteiger partial charge in [0.1, 0.15) is 0 Å². The maximum Gasteiger partial charge on any atom is 0.417 e. The number of nitrogens with zero attached hydrogens (tertiary/aromatic N) is 1. The summed E-state index contributed by atoms with van der Waals surface area (Å²) >= 11 is 0. The van der Waals surface area contributed by atoms with Crippen LogP contribution in [0.3, 0.4) is 0 Å². The van der Waals surface area contributed by atoms with Crippen LogP contribution in [-0.2, 0) is 10.9 Å². The first-order valence-corrected chi connectivity index (χ1v) is 7.60. The van der Waals surface area contributed by atoms with Gasteiger partial charge in [0.2, 0.25) is 0 Å². The number of benzene rings is 1. The van der Waals surface area contributed by atoms with Crippen molar-refractivity contribution in [3.05, 3.63) is 35.4 Å². The van der Waals surface area contributed by atoms with Gasteiger partial charge in [-0.2, -0.15) is 13.2 Å². The zero-order chi connectivity index (χ0) is 17.7. The molecule has 132 valence electrons. The number of likely N-dealkylation sites (tertiary alicyclic amines) is 1. The summed E-state index contributed by atoms with van der Waals surface area (Å²) in [7, 11) is 1.31. The first-order valence-electron chi connectivity index (χ1n) is 7.60. The predicted octanol–water partition coefficient (Wildman–Crippen LogP) is 2.91. The van der Waals surface area contributed by atoms with Crippen molar-refractivity contribution in [2.24, 2.45) is 5.92 Å². The zero-order valence-electron chi connectivity index (χ0n) is 13.2. The van der Waals surface area contributed by atoms with Gasteiger partial charge in [0.15, 0.2) is 0 Å². The van der Waals surface area contributed by atoms with E-state index in [4.69, 9.17) is 0 Å². The number of carbonyl (C=O) groups excluding carboxylic acids is 2. The molecule has 1 fully saturated rings. The molecule has 0 spiro atoms. The number of methoxy groups -OCH3 is 1. The summed E-state index contributed by atoms with van der Waals surface area (Å²) < 4.78 is 43.4. The normalized spacial score (nSPS) is 15.9. The maximum absolute atomic E-state index is 12.9. The van der Waals surface area contributed by atoms with Crippen molar-refractivity contribution < 1.29 is 27.5 Å². The van der Waals surface area contributed by atoms with Crippen LogP contribution in [-0.4, -0.2) is 43.6 Å². The Hall–Kier alpha value is -2.25. The molecule has 0 radical (unpaired) electrons. The van der Waals surface area contributed by atoms with E-state index < -0.39 is 23.7 Å². The Bertz CT molecular complexity index is 596. The third-order valence-electron chi connectivity index (χ3n) is 4.08. The summed E-state index contributed by atoms with van der Waals surface area (Å²) in [4.78, 5) is 25.0. The van der Waals surface area contributed by atoms with Gasteiger partial charge in [0.25, 0.3) is 5.91 Å². The molecule has 1 aliphatic heterocycles. The smallest absolute Gasteiger partial charge is 0.417 e. The van der Waals surface area contributed by atoms with Gasteiger partial charge in [-0.1, -0.05) is 12.1 Å². The summed E-state index contributed by atoms with van der Waals surface area (Å²) in [5, 5.41) is 2.57. The van der Waals surface area contributed by atoms with E-state index in [2.05, 4.69) is 10.1 Å². The molecule has 1 aliphatic rings. The van der Waals surface area contributed by atoms with Crippen molar-refractivity contribution >= 4 is 12.0 Å². The van der Waals surface area contributed by atoms with Gasteiger partial charge in [-0.15, -0.1) is 0 Å². The average Bonchev–Trinajstić information content (AvgIpc) is 2.58. The van der Waals surface area contributed by atoms with Crippen LogP contribution in [0.15, 0.2) is 24.3 Å². The largest absolute Gasteiger partial charge is 0.453 e. The summed E-state index contributed by atoms with van der Waals surface area (Å²) in [5.41, 5.74) is -1.32. The Balaban J connectivity index is 1.90. The van der Waals surface area contributed by atoms with Crippen LogP contribution in [0.2, 0.25) is 0 Å². The lowest BCUT2D eigenvalue weighted by Gasteiger charge is -2.31. The van der Waals surface area contributed by atoms with Gasteiger partial charge in [0.05, 0.1) is 18.2 Å². The van der Waals surface area contributed by atoms with Crippen molar-refractivity contribution in [3.8, 4) is 0 Å². The van der Waals surface area contributed by atoms with Crippen molar-refractivity contribution in [1.82, 2.24) is 10.2 Å². The molecule has 0 atom stereocenters. The summed E-state index contributed by atoms with van der Waals surface area (Å²) in [5.74, 6) is -0.619. The van der Waals surface area contributed by atoms with Crippen molar-refractivity contribution in [1.29, 1.82) is 0 Å². The van der Waals surface area contributed by atoms with Gasteiger partial charge < -0.3 is 15.0 Å². The molecule has 0 aromatic heterocycles. The second kappa shape index (κ2) is 7.55. The molecule has 1 N–H and O–H groups in total. The Morgan fingerprint density at radius 1 is 1.25 bits per heavy atom. The number of rotatable bonds is 3. The maximum atomic E-state index is 12.9. The van der Waals surface area contributed by atoms with E-state index in [0.717, 1.165) is 12.1 Å². The molecule has 0 unspecified atom stereocenters. The fourth-order valence-corrected chi connectivity index (χ4v) is 2.71. The molecule has 0 bridgehead atoms. The van der Waals surface area contributed by atoms with Crippen LogP contribution in [0, 0.1) is 5.92 Å². The van der Waals surface area contributed by atoms with Crippen molar-refractivity contribution in [3.63, 3.8) is 0 Å². The Morgan fingerprint density at radius 2 is 1.88 bits per heavy atom. The van der Waals surface area contributed by atoms with Crippen LogP contribution in [0.5, 0.6) is 0 Å². The summed E-state index contributed by atoms with van der Waals surface area (Å²) in [6.45, 7) is 1.29. The fraction of sp³-hybridized carbons (Fsp3) is 0.500. The summed E-state index contributed by atoms with van der Waals surface area (Å²) in [6.07, 6.45) is -3.64. The molecule has 0 aliphatic carbocycles. The van der Waals surface area contributed by atoms with Crippen LogP contribution in [0.1, 0.15) is 28.8 Å². The number of halogens is 3. The first kappa shape index (κ1) is 18.1. The molecule has 2 amide bonds. The number of alkyl halides is 3. The number of ether oxygens (including phenoxy) is 1. The topological polar surface area (TPSA) is 58.6 Å². The number of amides is 2. The minimum Gasteiger partial charge on any atom is -0.453 e. The van der Waals surface area contributed by atoms with Crippen molar-refractivity contribution in [2.75, 3.05) is 26.7 Å². The van der Waals surface area contributed by atoms with Gasteiger partial charge >= 0.3 is 12.3 Å². The van der Waals surface area contributed by atoms with E-state index in [1.54, 1.807) is 4.90 Å². The molecule has 2 rings (SSSR count). The molecule has 1 saturated heterocycles. The van der Waals surface area contributed by atoms with Gasteiger partial charge in [-0.25, -0.2) is 4.79 Å². The molecule has 1 heterocycles. The van der Waals surface area contributed by atoms with Crippen LogP contribution in [0.4, 0.5) is 18.0 Å². The number of hydrogen-bond donors (Lipinski definition) is 1. The molecule has 24 heavy (non-hydrogen) atoms. The third-order valence-corrected chi connectivity index (χ3v) is 4.08. The predicted molar refractivity (Wildman–Crippen MR) is 80.5 cm³/mol. The molecule has 8 heteroatoms. The monoisotopic (exact) mass is 344 g/mol. The molecule has 1 aromatic carbocycles. The SMILES string of the molecule is COC(=O)N1CCC(CNC(=O)c2ccccc2C(F)(F)F)CC1. The highest BCUT2D eigenvalue weighted by Gasteiger charge is 2.35. The molecule has 1 aromatic rings. The van der Waals surface area contributed by atoms with Gasteiger partial charge in [-0.05, 0) is 30.9 Å². The van der Waals surface area contributed by atoms with E-state index in [9.17, 15) is 22.8 Å². The summed E-state index contributed by atoms with van der Waals surface area (Å²) in [6, 6.07) is 4.71. The molecular formula is C16H19F3N2O3. The number of hydrogen-bond acceptors (Lipinski definition) is 3. The fourth-order valence-electron chi connectivity index (χ4n) is 2.71. The lowest BCUT2D eigenvalue weighted by molar-refractivity contribution is -0.137. The molecule has 0 saturated carbocycles. The quantitative estimate of drug-likeness (QED) is 0.917. The van der Waals surface area contributed by atoms with E-state index in [0.29, 0.717) is 25.9 Å². The van der Waals surface area contributed by atoms with Gasteiger partial charge in [0, 0.05) is 19.6 Å². The number of carbonyl (C=O) groups is 2. The second-order valence-corrected chi connectivity index (χ2v) is 5.65. The van der Waals surface area contributed by atoms with E-state index in [-0.39, 0.29) is 18.0 Å². The Morgan fingerprint density at radius 3 is 2.46 bits per heavy atom. The minimum absolute atomic E-state index is 0.118. The second-order valence-electron chi connectivity index (χ2n) is 5.65. The highest BCUT2D eigenvalue weighted by molar-refractivity contribution is 5.95. The van der Waals surface area contributed by atoms with E-state index >= 15 is 0 Å². The molecular weight excluding hydrogens is 325 g/mol. The highest BCUT2D eigenvalue weighted by atomic mass is 19.4. The lowest BCUT2D eigenvalue weighted by Crippen LogP contribution is -2.41. The first-order chi connectivity index (χ1) is 11.3. The van der Waals surface area contributed by atoms with Crippen LogP contribution < -0.4 is 5.32 Å². The van der Waals surface area contributed by atoms with Crippen molar-refractivity contribution in [2.45, 2.75) is 19.0 Å². The standard InChI is InChI=1S/C16H19F3N2O3/c1-24-15(23)21-8-6-11(7-9-21)10-20-14(22)12-4-2-3-5-13(12)16(17,18)19/h2-5,11H,6-10H2,1H3,(H,20,22). The van der Waals surface area contributed by atoms with Crippen LogP contribution >= 0.6 is 0 Å². The number of nitrogens with one attached hydrogen (secondary N) is 1. The van der Waals surface area contributed by atoms with E-state index in [1.165, 1.54) is 19.2 Å². The Kier molecular flexibility index (Phi) is 5.69. The van der Waals surface area contributed by atoms with E-state index in [1.807, 2.05) is 0 Å². The Labute approximate surface area is 137 Å². The molecule has 5 nitrogen and oxygen atoms in total. The minimum atomic E-state index is -4.57.